The van der Waals surface area contributed by atoms with Crippen molar-refractivity contribution in [3.05, 3.63) is 59.7 Å². The van der Waals surface area contributed by atoms with Crippen LogP contribution in [0.3, 0.4) is 0 Å². The molecule has 0 bridgehead atoms. The van der Waals surface area contributed by atoms with Gasteiger partial charge in [0.2, 0.25) is 5.91 Å². The molecule has 2 N–H and O–H groups in total. The second-order valence-electron chi connectivity index (χ2n) is 5.18. The third kappa shape index (κ3) is 2.18. The molecule has 0 heterocycles. The van der Waals surface area contributed by atoms with Gasteiger partial charge in [0.15, 0.2) is 0 Å². The van der Waals surface area contributed by atoms with E-state index in [-0.39, 0.29) is 5.91 Å². The summed E-state index contributed by atoms with van der Waals surface area (Å²) in [7, 11) is 0. The van der Waals surface area contributed by atoms with Crippen molar-refractivity contribution in [1.29, 1.82) is 0 Å². The van der Waals surface area contributed by atoms with Crippen LogP contribution in [0, 0.1) is 0 Å². The van der Waals surface area contributed by atoms with Crippen molar-refractivity contribution >= 4 is 11.9 Å². The summed E-state index contributed by atoms with van der Waals surface area (Å²) in [6.45, 7) is 1.47. The average molecular weight is 281 g/mol. The van der Waals surface area contributed by atoms with E-state index in [4.69, 9.17) is 5.11 Å². The van der Waals surface area contributed by atoms with Crippen molar-refractivity contribution in [2.24, 2.45) is 0 Å². The summed E-state index contributed by atoms with van der Waals surface area (Å²) in [5.74, 6) is -1.76. The van der Waals surface area contributed by atoms with Crippen molar-refractivity contribution in [2.75, 3.05) is 0 Å². The Hall–Kier alpha value is -2.62. The molecule has 3 rings (SSSR count). The third-order valence-electron chi connectivity index (χ3n) is 3.83. The standard InChI is InChI=1S/C17H15NO3/c1-10(17(20)21)18-16(19)15-13-8-4-2-6-11(13)12-7-3-5-9-14(12)15/h2-10,15H,1H3,(H,18,19)(H,20,21)/t10-/m0/s1. The fourth-order valence-electron chi connectivity index (χ4n) is 2.80. The number of rotatable bonds is 3. The molecule has 0 aromatic heterocycles. The maximum absolute atomic E-state index is 12.5. The highest BCUT2D eigenvalue weighted by Crippen LogP contribution is 2.44. The van der Waals surface area contributed by atoms with Gasteiger partial charge in [-0.25, -0.2) is 0 Å². The van der Waals surface area contributed by atoms with Gasteiger partial charge in [0.25, 0.3) is 0 Å². The van der Waals surface area contributed by atoms with E-state index in [2.05, 4.69) is 5.32 Å². The Kier molecular flexibility index (Phi) is 3.22. The monoisotopic (exact) mass is 281 g/mol. The number of carbonyl (C=O) groups is 2. The molecular formula is C17H15NO3. The Morgan fingerprint density at radius 1 is 1.00 bits per heavy atom. The lowest BCUT2D eigenvalue weighted by Crippen LogP contribution is -2.40. The van der Waals surface area contributed by atoms with Crippen LogP contribution in [0.1, 0.15) is 24.0 Å². The van der Waals surface area contributed by atoms with Crippen LogP contribution in [0.2, 0.25) is 0 Å². The molecule has 0 saturated heterocycles. The van der Waals surface area contributed by atoms with Gasteiger partial charge < -0.3 is 10.4 Å². The van der Waals surface area contributed by atoms with E-state index < -0.39 is 17.9 Å². The van der Waals surface area contributed by atoms with E-state index in [1.165, 1.54) is 6.92 Å². The van der Waals surface area contributed by atoms with Gasteiger partial charge >= 0.3 is 5.97 Å². The van der Waals surface area contributed by atoms with E-state index in [0.717, 1.165) is 22.3 Å². The van der Waals surface area contributed by atoms with Gasteiger partial charge in [-0.3, -0.25) is 9.59 Å². The molecule has 4 heteroatoms. The highest BCUT2D eigenvalue weighted by Gasteiger charge is 2.34. The first-order valence-corrected chi connectivity index (χ1v) is 6.81. The molecular weight excluding hydrogens is 266 g/mol. The molecule has 1 amide bonds. The Morgan fingerprint density at radius 3 is 1.95 bits per heavy atom. The number of nitrogens with one attached hydrogen (secondary N) is 1. The summed E-state index contributed by atoms with van der Waals surface area (Å²) in [4.78, 5) is 23.4. The predicted molar refractivity (Wildman–Crippen MR) is 79.0 cm³/mol. The lowest BCUT2D eigenvalue weighted by Gasteiger charge is -2.16. The topological polar surface area (TPSA) is 66.4 Å². The minimum atomic E-state index is -1.04. The maximum atomic E-state index is 12.5. The quantitative estimate of drug-likeness (QED) is 0.907. The number of benzene rings is 2. The number of aliphatic carboxylic acids is 1. The molecule has 2 aromatic rings. The summed E-state index contributed by atoms with van der Waals surface area (Å²) >= 11 is 0. The summed E-state index contributed by atoms with van der Waals surface area (Å²) in [5.41, 5.74) is 3.93. The first-order chi connectivity index (χ1) is 10.1. The molecule has 2 aromatic carbocycles. The zero-order chi connectivity index (χ0) is 15.0. The first-order valence-electron chi connectivity index (χ1n) is 6.81. The smallest absolute Gasteiger partial charge is 0.325 e. The second-order valence-corrected chi connectivity index (χ2v) is 5.18. The normalized spacial score (nSPS) is 14.1. The molecule has 106 valence electrons. The largest absolute Gasteiger partial charge is 0.480 e. The summed E-state index contributed by atoms with van der Waals surface area (Å²) in [6, 6.07) is 14.6. The van der Waals surface area contributed by atoms with Gasteiger partial charge in [0, 0.05) is 0 Å². The molecule has 21 heavy (non-hydrogen) atoms. The van der Waals surface area contributed by atoms with Crippen LogP contribution in [0.4, 0.5) is 0 Å². The highest BCUT2D eigenvalue weighted by atomic mass is 16.4. The van der Waals surface area contributed by atoms with E-state index >= 15 is 0 Å². The van der Waals surface area contributed by atoms with Crippen molar-refractivity contribution < 1.29 is 14.7 Å². The van der Waals surface area contributed by atoms with Gasteiger partial charge in [0.1, 0.15) is 6.04 Å². The number of hydrogen-bond acceptors (Lipinski definition) is 2. The summed E-state index contributed by atoms with van der Waals surface area (Å²) in [5, 5.41) is 11.5. The number of hydrogen-bond donors (Lipinski definition) is 2. The average Bonchev–Trinajstić information content (AvgIpc) is 2.81. The zero-order valence-electron chi connectivity index (χ0n) is 11.5. The molecule has 1 aliphatic carbocycles. The Labute approximate surface area is 122 Å². The molecule has 0 aliphatic heterocycles. The van der Waals surface area contributed by atoms with Crippen molar-refractivity contribution in [2.45, 2.75) is 18.9 Å². The molecule has 1 aliphatic rings. The summed E-state index contributed by atoms with van der Waals surface area (Å²) in [6.07, 6.45) is 0. The van der Waals surface area contributed by atoms with Crippen LogP contribution in [0.15, 0.2) is 48.5 Å². The minimum Gasteiger partial charge on any atom is -0.480 e. The Balaban J connectivity index is 2.03. The van der Waals surface area contributed by atoms with Crippen molar-refractivity contribution in [3.63, 3.8) is 0 Å². The minimum absolute atomic E-state index is 0.276. The van der Waals surface area contributed by atoms with Gasteiger partial charge in [-0.1, -0.05) is 48.5 Å². The van der Waals surface area contributed by atoms with Crippen LogP contribution in [0.5, 0.6) is 0 Å². The number of carboxylic acid groups (broad SMARTS) is 1. The van der Waals surface area contributed by atoms with E-state index in [9.17, 15) is 9.59 Å². The fraction of sp³-hybridized carbons (Fsp3) is 0.176. The fourth-order valence-corrected chi connectivity index (χ4v) is 2.80. The van der Waals surface area contributed by atoms with Crippen LogP contribution >= 0.6 is 0 Å². The molecule has 0 radical (unpaired) electrons. The van der Waals surface area contributed by atoms with E-state index in [1.54, 1.807) is 0 Å². The van der Waals surface area contributed by atoms with Gasteiger partial charge in [-0.15, -0.1) is 0 Å². The maximum Gasteiger partial charge on any atom is 0.325 e. The highest BCUT2D eigenvalue weighted by molar-refractivity contribution is 5.97. The van der Waals surface area contributed by atoms with Crippen LogP contribution < -0.4 is 5.32 Å². The molecule has 0 unspecified atom stereocenters. The number of amides is 1. The van der Waals surface area contributed by atoms with Crippen molar-refractivity contribution in [1.82, 2.24) is 5.32 Å². The van der Waals surface area contributed by atoms with Crippen LogP contribution in [-0.4, -0.2) is 23.0 Å². The molecule has 1 atom stereocenters. The molecule has 0 saturated carbocycles. The van der Waals surface area contributed by atoms with Crippen LogP contribution in [0.25, 0.3) is 11.1 Å². The zero-order valence-corrected chi connectivity index (χ0v) is 11.5. The van der Waals surface area contributed by atoms with E-state index in [0.29, 0.717) is 0 Å². The third-order valence-corrected chi connectivity index (χ3v) is 3.83. The van der Waals surface area contributed by atoms with E-state index in [1.807, 2.05) is 48.5 Å². The molecule has 4 nitrogen and oxygen atoms in total. The summed E-state index contributed by atoms with van der Waals surface area (Å²) < 4.78 is 0. The Bertz CT molecular complexity index is 678. The van der Waals surface area contributed by atoms with Gasteiger partial charge in [-0.05, 0) is 29.2 Å². The van der Waals surface area contributed by atoms with Crippen LogP contribution in [-0.2, 0) is 9.59 Å². The lowest BCUT2D eigenvalue weighted by molar-refractivity contribution is -0.141. The SMILES string of the molecule is C[C@H](NC(=O)C1c2ccccc2-c2ccccc21)C(=O)O. The second kappa shape index (κ2) is 5.05. The van der Waals surface area contributed by atoms with Crippen molar-refractivity contribution in [3.8, 4) is 11.1 Å². The number of fused-ring (bicyclic) bond motifs is 3. The Morgan fingerprint density at radius 2 is 1.48 bits per heavy atom. The molecule has 0 fully saturated rings. The lowest BCUT2D eigenvalue weighted by atomic mass is 9.96. The molecule has 0 spiro atoms. The predicted octanol–water partition coefficient (Wildman–Crippen LogP) is 2.39. The van der Waals surface area contributed by atoms with Gasteiger partial charge in [-0.2, -0.15) is 0 Å². The number of carbonyl (C=O) groups excluding carboxylic acids is 1. The van der Waals surface area contributed by atoms with Gasteiger partial charge in [0.05, 0.1) is 5.92 Å². The number of carboxylic acids is 1. The first kappa shape index (κ1) is 13.4.